The van der Waals surface area contributed by atoms with Crippen LogP contribution in [0.15, 0.2) is 48.8 Å². The fourth-order valence-electron chi connectivity index (χ4n) is 4.80. The molecule has 1 heterocycles. The molecule has 44 heavy (non-hydrogen) atoms. The van der Waals surface area contributed by atoms with Crippen LogP contribution >= 0.6 is 0 Å². The van der Waals surface area contributed by atoms with E-state index in [1.54, 1.807) is 55.5 Å². The summed E-state index contributed by atoms with van der Waals surface area (Å²) in [6.45, 7) is 14.3. The topological polar surface area (TPSA) is 141 Å². The third kappa shape index (κ3) is 11.7. The SMILES string of the molecule is CC(C)CNC(=O)C(NC(=O)C(C)CC(O)C(CC(C)C)NC(=O)c1cccc(C(=O)N(C)Cc2cccnc2)c1)C(C)C. The normalized spacial score (nSPS) is 14.1. The number of rotatable bonds is 16. The quantitative estimate of drug-likeness (QED) is 0.228. The number of aliphatic hydroxyl groups is 1. The average Bonchev–Trinajstić information content (AvgIpc) is 2.97. The molecule has 0 aliphatic heterocycles. The summed E-state index contributed by atoms with van der Waals surface area (Å²) in [5.74, 6) is -1.50. The molecule has 0 radical (unpaired) electrons. The van der Waals surface area contributed by atoms with Crippen LogP contribution in [0.3, 0.4) is 0 Å². The molecule has 0 fully saturated rings. The third-order valence-electron chi connectivity index (χ3n) is 7.34. The van der Waals surface area contributed by atoms with Gasteiger partial charge in [-0.1, -0.05) is 60.6 Å². The van der Waals surface area contributed by atoms with Gasteiger partial charge in [-0.2, -0.15) is 0 Å². The number of carbonyl (C=O) groups excluding carboxylic acids is 4. The molecule has 4 amide bonds. The highest BCUT2D eigenvalue weighted by Crippen LogP contribution is 2.18. The molecule has 0 saturated carbocycles. The molecule has 1 aromatic heterocycles. The van der Waals surface area contributed by atoms with Crippen LogP contribution in [0, 0.1) is 23.7 Å². The van der Waals surface area contributed by atoms with Crippen molar-refractivity contribution in [1.29, 1.82) is 0 Å². The largest absolute Gasteiger partial charge is 0.391 e. The first-order valence-corrected chi connectivity index (χ1v) is 15.5. The number of carbonyl (C=O) groups is 4. The first kappa shape index (κ1) is 36.4. The van der Waals surface area contributed by atoms with E-state index < -0.39 is 30.0 Å². The molecular weight excluding hydrogens is 558 g/mol. The summed E-state index contributed by atoms with van der Waals surface area (Å²) in [6, 6.07) is 8.87. The number of hydrogen-bond donors (Lipinski definition) is 4. The van der Waals surface area contributed by atoms with Gasteiger partial charge in [-0.3, -0.25) is 24.2 Å². The molecule has 242 valence electrons. The van der Waals surface area contributed by atoms with Crippen molar-refractivity contribution >= 4 is 23.6 Å². The first-order valence-electron chi connectivity index (χ1n) is 15.5. The van der Waals surface area contributed by atoms with E-state index in [4.69, 9.17) is 0 Å². The molecule has 4 atom stereocenters. The minimum Gasteiger partial charge on any atom is -0.391 e. The lowest BCUT2D eigenvalue weighted by atomic mass is 9.91. The Hall–Kier alpha value is -3.79. The number of benzene rings is 1. The molecular formula is C34H51N5O5. The maximum absolute atomic E-state index is 13.3. The van der Waals surface area contributed by atoms with Gasteiger partial charge in [0.15, 0.2) is 0 Å². The molecule has 0 bridgehead atoms. The number of aromatic nitrogens is 1. The van der Waals surface area contributed by atoms with Crippen molar-refractivity contribution in [3.05, 3.63) is 65.5 Å². The summed E-state index contributed by atoms with van der Waals surface area (Å²) in [5, 5.41) is 19.8. The molecule has 4 unspecified atom stereocenters. The van der Waals surface area contributed by atoms with E-state index in [0.717, 1.165) is 5.56 Å². The molecule has 0 saturated heterocycles. The maximum atomic E-state index is 13.3. The molecule has 10 nitrogen and oxygen atoms in total. The van der Waals surface area contributed by atoms with Crippen LogP contribution < -0.4 is 16.0 Å². The lowest BCUT2D eigenvalue weighted by Crippen LogP contribution is -2.52. The molecule has 4 N–H and O–H groups in total. The van der Waals surface area contributed by atoms with Crippen molar-refractivity contribution in [2.24, 2.45) is 23.7 Å². The van der Waals surface area contributed by atoms with Crippen LogP contribution in [-0.4, -0.2) is 70.4 Å². The summed E-state index contributed by atoms with van der Waals surface area (Å²) >= 11 is 0. The summed E-state index contributed by atoms with van der Waals surface area (Å²) < 4.78 is 0. The Morgan fingerprint density at radius 2 is 1.55 bits per heavy atom. The van der Waals surface area contributed by atoms with Crippen molar-refractivity contribution in [2.75, 3.05) is 13.6 Å². The molecule has 2 rings (SSSR count). The van der Waals surface area contributed by atoms with Crippen LogP contribution in [0.1, 0.15) is 87.6 Å². The maximum Gasteiger partial charge on any atom is 0.253 e. The zero-order chi connectivity index (χ0) is 33.0. The van der Waals surface area contributed by atoms with Gasteiger partial charge in [0.05, 0.1) is 12.1 Å². The number of aliphatic hydroxyl groups excluding tert-OH is 1. The summed E-state index contributed by atoms with van der Waals surface area (Å²) in [4.78, 5) is 57.8. The van der Waals surface area contributed by atoms with Gasteiger partial charge in [0, 0.05) is 49.6 Å². The lowest BCUT2D eigenvalue weighted by molar-refractivity contribution is -0.132. The molecule has 1 aromatic carbocycles. The molecule has 0 aliphatic rings. The zero-order valence-corrected chi connectivity index (χ0v) is 27.5. The number of nitrogens with zero attached hydrogens (tertiary/aromatic N) is 2. The van der Waals surface area contributed by atoms with Gasteiger partial charge in [0.25, 0.3) is 11.8 Å². The fourth-order valence-corrected chi connectivity index (χ4v) is 4.80. The number of pyridine rings is 1. The van der Waals surface area contributed by atoms with E-state index in [2.05, 4.69) is 20.9 Å². The lowest BCUT2D eigenvalue weighted by Gasteiger charge is -2.29. The Bertz CT molecular complexity index is 1230. The molecule has 0 spiro atoms. The fraction of sp³-hybridized carbons (Fsp3) is 0.559. The monoisotopic (exact) mass is 609 g/mol. The first-order chi connectivity index (χ1) is 20.7. The second kappa shape index (κ2) is 17.5. The smallest absolute Gasteiger partial charge is 0.253 e. The van der Waals surface area contributed by atoms with E-state index in [9.17, 15) is 24.3 Å². The standard InChI is InChI=1S/C34H51N5O5/c1-21(2)15-28(29(40)16-24(7)31(41)38-30(23(5)6)33(43)36-18-22(3)4)37-32(42)26-12-9-13-27(17-26)34(44)39(8)20-25-11-10-14-35-19-25/h9-14,17,19,21-24,28-30,40H,15-16,18,20H2,1-8H3,(H,36,43)(H,37,42)(H,38,41). The van der Waals surface area contributed by atoms with Crippen molar-refractivity contribution in [3.63, 3.8) is 0 Å². The van der Waals surface area contributed by atoms with Gasteiger partial charge in [-0.05, 0) is 60.4 Å². The van der Waals surface area contributed by atoms with Crippen molar-refractivity contribution in [1.82, 2.24) is 25.8 Å². The van der Waals surface area contributed by atoms with Gasteiger partial charge in [-0.25, -0.2) is 0 Å². The van der Waals surface area contributed by atoms with Crippen molar-refractivity contribution < 1.29 is 24.3 Å². The average molecular weight is 610 g/mol. The third-order valence-corrected chi connectivity index (χ3v) is 7.34. The second-order valence-electron chi connectivity index (χ2n) is 12.9. The summed E-state index contributed by atoms with van der Waals surface area (Å²) in [5.41, 5.74) is 1.55. The van der Waals surface area contributed by atoms with Gasteiger partial charge < -0.3 is 26.0 Å². The highest BCUT2D eigenvalue weighted by molar-refractivity contribution is 5.99. The Morgan fingerprint density at radius 3 is 2.14 bits per heavy atom. The number of nitrogens with one attached hydrogen (secondary N) is 3. The Morgan fingerprint density at radius 1 is 0.864 bits per heavy atom. The van der Waals surface area contributed by atoms with Crippen LogP contribution in [0.2, 0.25) is 0 Å². The predicted molar refractivity (Wildman–Crippen MR) is 172 cm³/mol. The highest BCUT2D eigenvalue weighted by Gasteiger charge is 2.30. The summed E-state index contributed by atoms with van der Waals surface area (Å²) in [7, 11) is 1.69. The van der Waals surface area contributed by atoms with Crippen LogP contribution in [-0.2, 0) is 16.1 Å². The van der Waals surface area contributed by atoms with Gasteiger partial charge in [0.1, 0.15) is 6.04 Å². The van der Waals surface area contributed by atoms with E-state index in [1.807, 2.05) is 53.7 Å². The van der Waals surface area contributed by atoms with Gasteiger partial charge in [-0.15, -0.1) is 0 Å². The Kier molecular flexibility index (Phi) is 14.5. The zero-order valence-electron chi connectivity index (χ0n) is 27.5. The molecule has 0 aliphatic carbocycles. The molecule has 10 heteroatoms. The van der Waals surface area contributed by atoms with Crippen LogP contribution in [0.25, 0.3) is 0 Å². The van der Waals surface area contributed by atoms with Crippen LogP contribution in [0.4, 0.5) is 0 Å². The Balaban J connectivity index is 2.08. The minimum atomic E-state index is -1.01. The van der Waals surface area contributed by atoms with E-state index in [0.29, 0.717) is 30.6 Å². The Labute approximate surface area is 262 Å². The van der Waals surface area contributed by atoms with Gasteiger partial charge >= 0.3 is 0 Å². The molecule has 2 aromatic rings. The van der Waals surface area contributed by atoms with E-state index >= 15 is 0 Å². The van der Waals surface area contributed by atoms with Crippen molar-refractivity contribution in [2.45, 2.75) is 86.0 Å². The second-order valence-corrected chi connectivity index (χ2v) is 12.9. The van der Waals surface area contributed by atoms with Crippen LogP contribution in [0.5, 0.6) is 0 Å². The predicted octanol–water partition coefficient (Wildman–Crippen LogP) is 3.80. The summed E-state index contributed by atoms with van der Waals surface area (Å²) in [6.07, 6.45) is 2.94. The minimum absolute atomic E-state index is 0.0968. The van der Waals surface area contributed by atoms with Gasteiger partial charge in [0.2, 0.25) is 11.8 Å². The highest BCUT2D eigenvalue weighted by atomic mass is 16.3. The number of hydrogen-bond acceptors (Lipinski definition) is 6. The van der Waals surface area contributed by atoms with Crippen molar-refractivity contribution in [3.8, 4) is 0 Å². The van der Waals surface area contributed by atoms with E-state index in [-0.39, 0.29) is 41.9 Å². The van der Waals surface area contributed by atoms with E-state index in [1.165, 1.54) is 0 Å². The number of amides is 4.